The van der Waals surface area contributed by atoms with Gasteiger partial charge in [-0.25, -0.2) is 0 Å². The number of carbonyl (C=O) groups excluding carboxylic acids is 2. The Morgan fingerprint density at radius 2 is 1.85 bits per heavy atom. The maximum atomic E-state index is 13.2. The summed E-state index contributed by atoms with van der Waals surface area (Å²) in [5.74, 6) is 0.952. The van der Waals surface area contributed by atoms with Crippen molar-refractivity contribution < 1.29 is 14.3 Å². The van der Waals surface area contributed by atoms with Gasteiger partial charge in [0.05, 0.1) is 18.5 Å². The first kappa shape index (κ1) is 18.7. The second-order valence-electron chi connectivity index (χ2n) is 8.47. The van der Waals surface area contributed by atoms with Crippen LogP contribution in [0.15, 0.2) is 24.3 Å². The van der Waals surface area contributed by atoms with Crippen molar-refractivity contribution in [1.82, 2.24) is 10.2 Å². The lowest BCUT2D eigenvalue weighted by Gasteiger charge is -2.47. The normalized spacial score (nSPS) is 27.7. The Balaban J connectivity index is 1.64. The third-order valence-electron chi connectivity index (χ3n) is 6.78. The SMILES string of the molecule is CNC(=O)[C@H]1CC[C@@](C)(C(=O)N2CC(Oc3ccccc3C)C2)C1(C)C. The summed E-state index contributed by atoms with van der Waals surface area (Å²) in [4.78, 5) is 27.3. The zero-order valence-electron chi connectivity index (χ0n) is 16.5. The monoisotopic (exact) mass is 358 g/mol. The Kier molecular flexibility index (Phi) is 4.76. The molecule has 1 aliphatic carbocycles. The molecule has 1 aromatic rings. The zero-order chi connectivity index (χ0) is 19.1. The molecule has 1 saturated carbocycles. The van der Waals surface area contributed by atoms with Crippen LogP contribution in [0.2, 0.25) is 0 Å². The van der Waals surface area contributed by atoms with Crippen molar-refractivity contribution in [3.8, 4) is 5.75 Å². The van der Waals surface area contributed by atoms with E-state index in [2.05, 4.69) is 19.2 Å². The molecule has 2 fully saturated rings. The van der Waals surface area contributed by atoms with Crippen LogP contribution < -0.4 is 10.1 Å². The fourth-order valence-corrected chi connectivity index (χ4v) is 4.41. The Morgan fingerprint density at radius 1 is 1.19 bits per heavy atom. The lowest BCUT2D eigenvalue weighted by molar-refractivity contribution is -0.157. The minimum Gasteiger partial charge on any atom is -0.486 e. The minimum atomic E-state index is -0.516. The fraction of sp³-hybridized carbons (Fsp3) is 0.619. The van der Waals surface area contributed by atoms with Gasteiger partial charge in [-0.1, -0.05) is 39.0 Å². The van der Waals surface area contributed by atoms with Gasteiger partial charge in [0.25, 0.3) is 0 Å². The summed E-state index contributed by atoms with van der Waals surface area (Å²) in [6, 6.07) is 7.95. The molecule has 5 nitrogen and oxygen atoms in total. The van der Waals surface area contributed by atoms with Crippen molar-refractivity contribution in [2.24, 2.45) is 16.7 Å². The van der Waals surface area contributed by atoms with Gasteiger partial charge in [0.15, 0.2) is 0 Å². The number of likely N-dealkylation sites (tertiary alicyclic amines) is 1. The maximum Gasteiger partial charge on any atom is 0.229 e. The van der Waals surface area contributed by atoms with E-state index in [1.807, 2.05) is 43.0 Å². The largest absolute Gasteiger partial charge is 0.486 e. The number of nitrogens with zero attached hydrogens (tertiary/aromatic N) is 1. The number of nitrogens with one attached hydrogen (secondary N) is 1. The molecule has 0 bridgehead atoms. The van der Waals surface area contributed by atoms with Crippen LogP contribution in [-0.4, -0.2) is 43.0 Å². The number of hydrogen-bond donors (Lipinski definition) is 1. The molecule has 26 heavy (non-hydrogen) atoms. The molecule has 0 spiro atoms. The van der Waals surface area contributed by atoms with Gasteiger partial charge in [-0.2, -0.15) is 0 Å². The third-order valence-corrected chi connectivity index (χ3v) is 6.78. The molecular formula is C21H30N2O3. The number of carbonyl (C=O) groups is 2. The van der Waals surface area contributed by atoms with Crippen LogP contribution in [0, 0.1) is 23.7 Å². The first-order valence-electron chi connectivity index (χ1n) is 9.44. The minimum absolute atomic E-state index is 0.0379. The molecule has 2 aliphatic rings. The molecule has 0 radical (unpaired) electrons. The second-order valence-corrected chi connectivity index (χ2v) is 8.47. The highest BCUT2D eigenvalue weighted by atomic mass is 16.5. The van der Waals surface area contributed by atoms with Crippen LogP contribution in [0.4, 0.5) is 0 Å². The van der Waals surface area contributed by atoms with E-state index in [4.69, 9.17) is 4.74 Å². The summed E-state index contributed by atoms with van der Waals surface area (Å²) >= 11 is 0. The third kappa shape index (κ3) is 2.87. The molecule has 2 amide bonds. The van der Waals surface area contributed by atoms with Crippen LogP contribution in [-0.2, 0) is 9.59 Å². The fourth-order valence-electron chi connectivity index (χ4n) is 4.41. The highest BCUT2D eigenvalue weighted by molar-refractivity contribution is 5.87. The summed E-state index contributed by atoms with van der Waals surface area (Å²) in [6.07, 6.45) is 1.55. The topological polar surface area (TPSA) is 58.6 Å². The van der Waals surface area contributed by atoms with E-state index in [1.165, 1.54) is 0 Å². The van der Waals surface area contributed by atoms with Gasteiger partial charge < -0.3 is 15.0 Å². The molecule has 3 rings (SSSR count). The number of hydrogen-bond acceptors (Lipinski definition) is 3. The van der Waals surface area contributed by atoms with E-state index in [1.54, 1.807) is 7.05 Å². The number of aryl methyl sites for hydroxylation is 1. The molecule has 5 heteroatoms. The molecule has 1 N–H and O–H groups in total. The van der Waals surface area contributed by atoms with Gasteiger partial charge in [0.2, 0.25) is 11.8 Å². The van der Waals surface area contributed by atoms with E-state index in [0.717, 1.165) is 24.2 Å². The lowest BCUT2D eigenvalue weighted by Crippen LogP contribution is -2.61. The predicted molar refractivity (Wildman–Crippen MR) is 101 cm³/mol. The van der Waals surface area contributed by atoms with Crippen LogP contribution in [0.3, 0.4) is 0 Å². The van der Waals surface area contributed by atoms with Crippen LogP contribution in [0.25, 0.3) is 0 Å². The predicted octanol–water partition coefficient (Wildman–Crippen LogP) is 2.77. The summed E-state index contributed by atoms with van der Waals surface area (Å²) < 4.78 is 6.03. The first-order valence-corrected chi connectivity index (χ1v) is 9.44. The van der Waals surface area contributed by atoms with Gasteiger partial charge in [-0.05, 0) is 36.8 Å². The van der Waals surface area contributed by atoms with Crippen LogP contribution in [0.5, 0.6) is 5.75 Å². The highest BCUT2D eigenvalue weighted by Gasteiger charge is 2.59. The van der Waals surface area contributed by atoms with Crippen LogP contribution >= 0.6 is 0 Å². The molecule has 1 heterocycles. The number of amides is 2. The Morgan fingerprint density at radius 3 is 2.46 bits per heavy atom. The summed E-state index contributed by atoms with van der Waals surface area (Å²) in [5, 5.41) is 2.75. The van der Waals surface area contributed by atoms with E-state index >= 15 is 0 Å². The number of benzene rings is 1. The van der Waals surface area contributed by atoms with Crippen LogP contribution in [0.1, 0.15) is 39.2 Å². The molecule has 142 valence electrons. The van der Waals surface area contributed by atoms with Crippen molar-refractivity contribution in [2.45, 2.75) is 46.6 Å². The van der Waals surface area contributed by atoms with E-state index < -0.39 is 5.41 Å². The zero-order valence-corrected chi connectivity index (χ0v) is 16.5. The Bertz CT molecular complexity index is 709. The van der Waals surface area contributed by atoms with E-state index in [9.17, 15) is 9.59 Å². The summed E-state index contributed by atoms with van der Waals surface area (Å²) in [5.41, 5.74) is 0.221. The van der Waals surface area contributed by atoms with Crippen molar-refractivity contribution in [2.75, 3.05) is 20.1 Å². The summed E-state index contributed by atoms with van der Waals surface area (Å²) in [6.45, 7) is 9.39. The van der Waals surface area contributed by atoms with E-state index in [0.29, 0.717) is 13.1 Å². The first-order chi connectivity index (χ1) is 12.2. The molecule has 0 aromatic heterocycles. The number of rotatable bonds is 4. The van der Waals surface area contributed by atoms with Gasteiger partial charge in [-0.3, -0.25) is 9.59 Å². The molecular weight excluding hydrogens is 328 g/mol. The lowest BCUT2D eigenvalue weighted by atomic mass is 9.64. The van der Waals surface area contributed by atoms with Crippen molar-refractivity contribution in [3.05, 3.63) is 29.8 Å². The van der Waals surface area contributed by atoms with Crippen molar-refractivity contribution in [3.63, 3.8) is 0 Å². The quantitative estimate of drug-likeness (QED) is 0.900. The van der Waals surface area contributed by atoms with Gasteiger partial charge in [0, 0.05) is 13.0 Å². The highest BCUT2D eigenvalue weighted by Crippen LogP contribution is 2.57. The molecule has 1 aromatic carbocycles. The van der Waals surface area contributed by atoms with Gasteiger partial charge in [0.1, 0.15) is 11.9 Å². The Labute approximate surface area is 156 Å². The molecule has 1 aliphatic heterocycles. The molecule has 1 saturated heterocycles. The standard InChI is InChI=1S/C21H30N2O3/c1-14-8-6-7-9-17(14)26-15-12-23(13-15)19(25)21(4)11-10-16(18(24)22-5)20(21,2)3/h6-9,15-16H,10-13H2,1-5H3,(H,22,24)/t16-,21+/m1/s1. The average Bonchev–Trinajstić information content (AvgIpc) is 2.81. The Hall–Kier alpha value is -2.04. The van der Waals surface area contributed by atoms with Gasteiger partial charge in [-0.15, -0.1) is 0 Å². The van der Waals surface area contributed by atoms with Crippen molar-refractivity contribution >= 4 is 11.8 Å². The second kappa shape index (κ2) is 6.60. The van der Waals surface area contributed by atoms with E-state index in [-0.39, 0.29) is 29.3 Å². The number of ether oxygens (including phenoxy) is 1. The summed E-state index contributed by atoms with van der Waals surface area (Å²) in [7, 11) is 1.67. The number of para-hydroxylation sites is 1. The van der Waals surface area contributed by atoms with Gasteiger partial charge >= 0.3 is 0 Å². The molecule has 0 unspecified atom stereocenters. The smallest absolute Gasteiger partial charge is 0.229 e. The average molecular weight is 358 g/mol. The van der Waals surface area contributed by atoms with Crippen molar-refractivity contribution in [1.29, 1.82) is 0 Å². The molecule has 2 atom stereocenters. The maximum absolute atomic E-state index is 13.2.